The van der Waals surface area contributed by atoms with Gasteiger partial charge in [0.05, 0.1) is 17.5 Å². The Bertz CT molecular complexity index is 1160. The zero-order valence-corrected chi connectivity index (χ0v) is 22.8. The summed E-state index contributed by atoms with van der Waals surface area (Å²) in [4.78, 5) is 7.14. The molecule has 2 atom stereocenters. The summed E-state index contributed by atoms with van der Waals surface area (Å²) in [5.41, 5.74) is 9.83. The van der Waals surface area contributed by atoms with Crippen LogP contribution in [0.5, 0.6) is 0 Å². The molecule has 2 aromatic carbocycles. The predicted octanol–water partition coefficient (Wildman–Crippen LogP) is 8.78. The van der Waals surface area contributed by atoms with Crippen LogP contribution in [-0.2, 0) is 5.54 Å². The molecule has 0 saturated heterocycles. The number of hydrogen-bond acceptors (Lipinski definition) is 3. The van der Waals surface area contributed by atoms with Crippen LogP contribution in [0.3, 0.4) is 0 Å². The van der Waals surface area contributed by atoms with Crippen LogP contribution in [0.4, 0.5) is 0 Å². The van der Waals surface area contributed by atoms with E-state index in [2.05, 4.69) is 56.0 Å². The number of nitriles is 1. The molecule has 0 aliphatic heterocycles. The number of nitrogens with two attached hydrogens (primary N) is 1. The zero-order chi connectivity index (χ0) is 26.0. The van der Waals surface area contributed by atoms with E-state index in [1.807, 2.05) is 65.0 Å². The summed E-state index contributed by atoms with van der Waals surface area (Å²) in [6, 6.07) is 23.1. The number of hydrogen-bond donors (Lipinski definition) is 1. The highest BCUT2D eigenvalue weighted by Crippen LogP contribution is 2.46. The molecule has 4 heteroatoms. The number of benzene rings is 2. The monoisotopic (exact) mass is 485 g/mol. The van der Waals surface area contributed by atoms with Crippen LogP contribution < -0.4 is 5.73 Å². The minimum Gasteiger partial charge on any atom is -0.388 e. The summed E-state index contributed by atoms with van der Waals surface area (Å²) in [7, 11) is 0. The molecule has 0 bridgehead atoms. The number of aliphatic imine (C=N–C) groups is 1. The Kier molecular flexibility index (Phi) is 10.5. The quantitative estimate of drug-likeness (QED) is 0.206. The largest absolute Gasteiger partial charge is 0.388 e. The minimum atomic E-state index is -0.572. The Morgan fingerprint density at radius 2 is 1.77 bits per heavy atom. The highest BCUT2D eigenvalue weighted by atomic mass is 32.1. The third-order valence-corrected chi connectivity index (χ3v) is 7.34. The molecule has 184 valence electrons. The number of rotatable bonds is 7. The lowest BCUT2D eigenvalue weighted by atomic mass is 9.79. The molecule has 3 nitrogen and oxygen atoms in total. The molecule has 4 rings (SSSR count). The predicted molar refractivity (Wildman–Crippen MR) is 153 cm³/mol. The van der Waals surface area contributed by atoms with Crippen molar-refractivity contribution >= 4 is 17.2 Å². The van der Waals surface area contributed by atoms with Gasteiger partial charge >= 0.3 is 0 Å². The van der Waals surface area contributed by atoms with Gasteiger partial charge in [0.1, 0.15) is 5.54 Å². The van der Waals surface area contributed by atoms with Crippen molar-refractivity contribution in [3.63, 3.8) is 0 Å². The molecule has 1 saturated carbocycles. The maximum absolute atomic E-state index is 9.24. The Labute approximate surface area is 216 Å². The first kappa shape index (κ1) is 28.1. The van der Waals surface area contributed by atoms with Crippen molar-refractivity contribution in [2.45, 2.75) is 71.8 Å². The molecule has 2 N–H and O–H groups in total. The molecular weight excluding hydrogens is 446 g/mol. The van der Waals surface area contributed by atoms with Crippen LogP contribution in [-0.4, -0.2) is 5.84 Å². The Balaban J connectivity index is 0.00000103. The van der Waals surface area contributed by atoms with Crippen LogP contribution in [0.25, 0.3) is 10.4 Å². The third-order valence-electron chi connectivity index (χ3n) is 5.98. The second-order valence-corrected chi connectivity index (χ2v) is 9.50. The van der Waals surface area contributed by atoms with E-state index < -0.39 is 5.54 Å². The molecular formula is C31H39N3S. The van der Waals surface area contributed by atoms with Gasteiger partial charge in [0.15, 0.2) is 0 Å². The molecule has 1 aliphatic carbocycles. The smallest absolute Gasteiger partial charge is 0.104 e. The van der Waals surface area contributed by atoms with Crippen molar-refractivity contribution in [3.8, 4) is 16.5 Å². The lowest BCUT2D eigenvalue weighted by molar-refractivity contribution is 0.454. The van der Waals surface area contributed by atoms with Gasteiger partial charge in [-0.05, 0) is 73.6 Å². The van der Waals surface area contributed by atoms with Gasteiger partial charge < -0.3 is 5.73 Å². The summed E-state index contributed by atoms with van der Waals surface area (Å²) >= 11 is 1.69. The summed E-state index contributed by atoms with van der Waals surface area (Å²) in [6.45, 7) is 16.1. The topological polar surface area (TPSA) is 62.2 Å². The summed E-state index contributed by atoms with van der Waals surface area (Å²) in [6.07, 6.45) is 4.57. The van der Waals surface area contributed by atoms with Gasteiger partial charge in [-0.25, -0.2) is 0 Å². The van der Waals surface area contributed by atoms with Gasteiger partial charge in [-0.15, -0.1) is 17.9 Å². The van der Waals surface area contributed by atoms with Crippen LogP contribution in [0.15, 0.2) is 78.3 Å². The zero-order valence-electron chi connectivity index (χ0n) is 22.0. The SMILES string of the molecule is C=CC(c1ccc(C2CC2)cc1)C(C)(N=C(C)N)c1ccc(-c2cccc(C#N)c2)s1.CC.CC. The average molecular weight is 486 g/mol. The molecule has 0 radical (unpaired) electrons. The Morgan fingerprint density at radius 1 is 1.11 bits per heavy atom. The summed E-state index contributed by atoms with van der Waals surface area (Å²) in [5.74, 6) is 1.26. The second kappa shape index (κ2) is 13.1. The van der Waals surface area contributed by atoms with E-state index in [1.165, 1.54) is 24.0 Å². The summed E-state index contributed by atoms with van der Waals surface area (Å²) < 4.78 is 0. The fourth-order valence-electron chi connectivity index (χ4n) is 4.23. The van der Waals surface area contributed by atoms with E-state index >= 15 is 0 Å². The second-order valence-electron chi connectivity index (χ2n) is 8.41. The molecule has 2 unspecified atom stereocenters. The molecule has 1 fully saturated rings. The first-order valence-corrected chi connectivity index (χ1v) is 13.4. The highest BCUT2D eigenvalue weighted by molar-refractivity contribution is 7.15. The van der Waals surface area contributed by atoms with E-state index in [0.717, 1.165) is 21.2 Å². The van der Waals surface area contributed by atoms with Crippen molar-refractivity contribution in [1.29, 1.82) is 5.26 Å². The first-order valence-electron chi connectivity index (χ1n) is 12.6. The van der Waals surface area contributed by atoms with Gasteiger partial charge in [0.25, 0.3) is 0 Å². The van der Waals surface area contributed by atoms with Gasteiger partial charge in [-0.3, -0.25) is 4.99 Å². The maximum atomic E-state index is 9.24. The molecule has 35 heavy (non-hydrogen) atoms. The van der Waals surface area contributed by atoms with E-state index in [-0.39, 0.29) is 5.92 Å². The van der Waals surface area contributed by atoms with Crippen LogP contribution >= 0.6 is 11.3 Å². The molecule has 1 aromatic heterocycles. The maximum Gasteiger partial charge on any atom is 0.104 e. The molecule has 0 amide bonds. The average Bonchev–Trinajstić information content (AvgIpc) is 3.62. The lowest BCUT2D eigenvalue weighted by Crippen LogP contribution is -2.29. The van der Waals surface area contributed by atoms with E-state index in [4.69, 9.17) is 10.7 Å². The third kappa shape index (κ3) is 6.71. The number of thiophene rings is 1. The van der Waals surface area contributed by atoms with Crippen molar-refractivity contribution in [2.75, 3.05) is 0 Å². The molecule has 1 heterocycles. The van der Waals surface area contributed by atoms with Crippen LogP contribution in [0.1, 0.15) is 87.8 Å². The number of amidine groups is 1. The van der Waals surface area contributed by atoms with Crippen molar-refractivity contribution in [2.24, 2.45) is 10.7 Å². The van der Waals surface area contributed by atoms with E-state index in [0.29, 0.717) is 11.4 Å². The first-order chi connectivity index (χ1) is 16.9. The minimum absolute atomic E-state index is 0.0174. The van der Waals surface area contributed by atoms with E-state index in [1.54, 1.807) is 11.3 Å². The van der Waals surface area contributed by atoms with Crippen LogP contribution in [0, 0.1) is 11.3 Å². The van der Waals surface area contributed by atoms with Crippen molar-refractivity contribution in [3.05, 3.63) is 94.9 Å². The van der Waals surface area contributed by atoms with Crippen molar-refractivity contribution < 1.29 is 0 Å². The van der Waals surface area contributed by atoms with Gasteiger partial charge in [0.2, 0.25) is 0 Å². The van der Waals surface area contributed by atoms with Gasteiger partial charge in [-0.1, -0.05) is 70.2 Å². The number of nitrogens with zero attached hydrogens (tertiary/aromatic N) is 2. The van der Waals surface area contributed by atoms with Gasteiger partial charge in [-0.2, -0.15) is 5.26 Å². The Morgan fingerprint density at radius 3 is 2.31 bits per heavy atom. The standard InChI is InChI=1S/C27H27N3S.2C2H6/c1-4-24(22-12-10-21(11-13-22)20-8-9-20)27(3,30-18(2)29)26-15-14-25(31-26)23-7-5-6-19(16-23)17-28;2*1-2/h4-7,10-16,20,24H,1,8-9H2,2-3H3,(H2,29,30);2*1-2H3. The fourth-order valence-corrected chi connectivity index (χ4v) is 5.37. The fraction of sp³-hybridized carbons (Fsp3) is 0.355. The van der Waals surface area contributed by atoms with Gasteiger partial charge in [0, 0.05) is 15.7 Å². The molecule has 3 aromatic rings. The molecule has 0 spiro atoms. The van der Waals surface area contributed by atoms with Crippen LogP contribution in [0.2, 0.25) is 0 Å². The molecule has 1 aliphatic rings. The normalized spacial score (nSPS) is 15.3. The van der Waals surface area contributed by atoms with Crippen molar-refractivity contribution in [1.82, 2.24) is 0 Å². The Hall–Kier alpha value is -3.16. The van der Waals surface area contributed by atoms with E-state index in [9.17, 15) is 5.26 Å². The lowest BCUT2D eigenvalue weighted by Gasteiger charge is -2.32. The summed E-state index contributed by atoms with van der Waals surface area (Å²) in [5, 5.41) is 9.24. The highest BCUT2D eigenvalue weighted by Gasteiger charge is 2.37.